The lowest BCUT2D eigenvalue weighted by atomic mass is 9.97. The second kappa shape index (κ2) is 12.1. The van der Waals surface area contributed by atoms with Gasteiger partial charge in [-0.25, -0.2) is 14.6 Å². The van der Waals surface area contributed by atoms with Gasteiger partial charge in [0, 0.05) is 24.3 Å². The van der Waals surface area contributed by atoms with Crippen molar-refractivity contribution in [1.82, 2.24) is 29.9 Å². The summed E-state index contributed by atoms with van der Waals surface area (Å²) >= 11 is 0. The highest BCUT2D eigenvalue weighted by molar-refractivity contribution is 5.90. The molecule has 10 nitrogen and oxygen atoms in total. The largest absolute Gasteiger partial charge is 0.375 e. The summed E-state index contributed by atoms with van der Waals surface area (Å²) in [6.45, 7) is 2.41. The predicted molar refractivity (Wildman–Crippen MR) is 149 cm³/mol. The van der Waals surface area contributed by atoms with Crippen LogP contribution in [0.5, 0.6) is 0 Å². The summed E-state index contributed by atoms with van der Waals surface area (Å²) in [5.41, 5.74) is 5.69. The lowest BCUT2D eigenvalue weighted by Crippen LogP contribution is -2.19. The van der Waals surface area contributed by atoms with Crippen molar-refractivity contribution in [2.75, 3.05) is 19.0 Å². The highest BCUT2D eigenvalue weighted by Crippen LogP contribution is 2.25. The first-order valence-electron chi connectivity index (χ1n) is 12.6. The first kappa shape index (κ1) is 26.3. The molecule has 10 heteroatoms. The first-order chi connectivity index (χ1) is 19.5. The van der Waals surface area contributed by atoms with Gasteiger partial charge in [0.2, 0.25) is 5.95 Å². The summed E-state index contributed by atoms with van der Waals surface area (Å²) in [5.74, 6) is -0.149. The summed E-state index contributed by atoms with van der Waals surface area (Å²) < 4.78 is 6.60. The zero-order valence-electron chi connectivity index (χ0n) is 22.0. The van der Waals surface area contributed by atoms with E-state index in [0.29, 0.717) is 34.8 Å². The summed E-state index contributed by atoms with van der Waals surface area (Å²) in [5, 5.41) is 20.6. The molecule has 3 heterocycles. The van der Waals surface area contributed by atoms with E-state index >= 15 is 0 Å². The number of hydrogen-bond donors (Lipinski definition) is 1. The standard InChI is InChI=1S/C30H26N8O2/c1-20(22-9-4-3-5-10-22)25-13-7-12-24(32-25)17-38-18-28(36-37-38)27-15-26(23-11-6-8-21(14-23)16-31)33-30(34-27)35-29(39)19-40-2/h3-15,18,20H,17,19H2,1-2H3,(H,33,34,35,39). The van der Waals surface area contributed by atoms with Crippen LogP contribution in [0.25, 0.3) is 22.6 Å². The highest BCUT2D eigenvalue weighted by Gasteiger charge is 2.15. The van der Waals surface area contributed by atoms with Gasteiger partial charge in [-0.3, -0.25) is 15.1 Å². The normalized spacial score (nSPS) is 11.5. The van der Waals surface area contributed by atoms with E-state index in [2.05, 4.69) is 50.7 Å². The molecule has 0 saturated carbocycles. The molecule has 0 aliphatic carbocycles. The van der Waals surface area contributed by atoms with Gasteiger partial charge in [-0.1, -0.05) is 60.7 Å². The molecule has 0 fully saturated rings. The number of nitriles is 1. The number of nitrogens with one attached hydrogen (secondary N) is 1. The molecule has 0 aliphatic heterocycles. The molecule has 1 N–H and O–H groups in total. The number of amides is 1. The fourth-order valence-electron chi connectivity index (χ4n) is 4.22. The molecule has 198 valence electrons. The van der Waals surface area contributed by atoms with E-state index in [1.54, 1.807) is 35.1 Å². The van der Waals surface area contributed by atoms with Crippen molar-refractivity contribution in [1.29, 1.82) is 5.26 Å². The molecular weight excluding hydrogens is 504 g/mol. The van der Waals surface area contributed by atoms with Crippen LogP contribution in [0.15, 0.2) is 85.1 Å². The lowest BCUT2D eigenvalue weighted by molar-refractivity contribution is -0.119. The molecule has 0 saturated heterocycles. The maximum absolute atomic E-state index is 12.2. The number of pyridine rings is 1. The monoisotopic (exact) mass is 530 g/mol. The molecule has 0 aliphatic rings. The smallest absolute Gasteiger partial charge is 0.252 e. The Balaban J connectivity index is 1.43. The Labute approximate surface area is 231 Å². The zero-order valence-corrected chi connectivity index (χ0v) is 22.0. The Hall–Kier alpha value is -5.27. The summed E-state index contributed by atoms with van der Waals surface area (Å²) in [4.78, 5) is 26.0. The minimum absolute atomic E-state index is 0.0933. The quantitative estimate of drug-likeness (QED) is 0.296. The Kier molecular flexibility index (Phi) is 7.94. The molecule has 0 radical (unpaired) electrons. The van der Waals surface area contributed by atoms with Crippen molar-refractivity contribution < 1.29 is 9.53 Å². The fourth-order valence-corrected chi connectivity index (χ4v) is 4.22. The summed E-state index contributed by atoms with van der Waals surface area (Å²) in [7, 11) is 1.43. The van der Waals surface area contributed by atoms with Crippen LogP contribution >= 0.6 is 0 Å². The number of nitrogens with zero attached hydrogens (tertiary/aromatic N) is 7. The van der Waals surface area contributed by atoms with E-state index in [1.165, 1.54) is 12.7 Å². The second-order valence-corrected chi connectivity index (χ2v) is 9.12. The number of benzene rings is 2. The number of anilines is 1. The van der Waals surface area contributed by atoms with Crippen LogP contribution in [0.1, 0.15) is 35.4 Å². The third-order valence-electron chi connectivity index (χ3n) is 6.24. The Bertz CT molecular complexity index is 1680. The van der Waals surface area contributed by atoms with Gasteiger partial charge in [0.15, 0.2) is 0 Å². The number of ether oxygens (including phenoxy) is 1. The lowest BCUT2D eigenvalue weighted by Gasteiger charge is -2.12. The van der Waals surface area contributed by atoms with Crippen LogP contribution in [0.4, 0.5) is 5.95 Å². The van der Waals surface area contributed by atoms with Crippen molar-refractivity contribution in [2.45, 2.75) is 19.4 Å². The van der Waals surface area contributed by atoms with Gasteiger partial charge in [0.25, 0.3) is 5.91 Å². The van der Waals surface area contributed by atoms with Crippen molar-refractivity contribution in [3.05, 3.63) is 108 Å². The maximum atomic E-state index is 12.2. The van der Waals surface area contributed by atoms with Crippen LogP contribution in [0, 0.1) is 11.3 Å². The molecular formula is C30H26N8O2. The van der Waals surface area contributed by atoms with Crippen molar-refractivity contribution in [3.8, 4) is 28.7 Å². The average Bonchev–Trinajstić information content (AvgIpc) is 3.46. The van der Waals surface area contributed by atoms with E-state index in [9.17, 15) is 10.1 Å². The van der Waals surface area contributed by atoms with Crippen LogP contribution in [-0.2, 0) is 16.1 Å². The number of carbonyl (C=O) groups is 1. The van der Waals surface area contributed by atoms with E-state index in [4.69, 9.17) is 9.72 Å². The van der Waals surface area contributed by atoms with E-state index in [1.807, 2.05) is 42.5 Å². The summed E-state index contributed by atoms with van der Waals surface area (Å²) in [6.07, 6.45) is 1.77. The molecule has 5 rings (SSSR count). The number of carbonyl (C=O) groups excluding carboxylic acids is 1. The molecule has 0 spiro atoms. The average molecular weight is 531 g/mol. The van der Waals surface area contributed by atoms with Crippen molar-refractivity contribution >= 4 is 11.9 Å². The highest BCUT2D eigenvalue weighted by atomic mass is 16.5. The third kappa shape index (κ3) is 6.23. The molecule has 1 unspecified atom stereocenters. The van der Waals surface area contributed by atoms with Crippen LogP contribution in [0.3, 0.4) is 0 Å². The Morgan fingerprint density at radius 1 is 0.975 bits per heavy atom. The van der Waals surface area contributed by atoms with Gasteiger partial charge in [0.1, 0.15) is 12.3 Å². The van der Waals surface area contributed by atoms with Gasteiger partial charge >= 0.3 is 0 Å². The van der Waals surface area contributed by atoms with E-state index in [0.717, 1.165) is 11.4 Å². The van der Waals surface area contributed by atoms with Gasteiger partial charge in [-0.05, 0) is 35.9 Å². The molecule has 40 heavy (non-hydrogen) atoms. The van der Waals surface area contributed by atoms with Gasteiger partial charge < -0.3 is 4.74 Å². The molecule has 5 aromatic rings. The summed E-state index contributed by atoms with van der Waals surface area (Å²) in [6, 6.07) is 27.1. The molecule has 3 aromatic heterocycles. The molecule has 2 aromatic carbocycles. The van der Waals surface area contributed by atoms with E-state index < -0.39 is 5.91 Å². The SMILES string of the molecule is COCC(=O)Nc1nc(-c2cccc(C#N)c2)cc(-c2cn(Cc3cccc(C(C)c4ccccc4)n3)nn2)n1. The second-order valence-electron chi connectivity index (χ2n) is 9.12. The number of hydrogen-bond acceptors (Lipinski definition) is 8. The van der Waals surface area contributed by atoms with Crippen LogP contribution < -0.4 is 5.32 Å². The van der Waals surface area contributed by atoms with Crippen LogP contribution in [-0.4, -0.2) is 49.6 Å². The maximum Gasteiger partial charge on any atom is 0.252 e. The topological polar surface area (TPSA) is 132 Å². The van der Waals surface area contributed by atoms with Crippen LogP contribution in [0.2, 0.25) is 0 Å². The molecule has 1 atom stereocenters. The first-order valence-corrected chi connectivity index (χ1v) is 12.6. The van der Waals surface area contributed by atoms with E-state index in [-0.39, 0.29) is 18.5 Å². The Morgan fingerprint density at radius 2 is 1.77 bits per heavy atom. The third-order valence-corrected chi connectivity index (χ3v) is 6.24. The Morgan fingerprint density at radius 3 is 2.58 bits per heavy atom. The minimum Gasteiger partial charge on any atom is -0.375 e. The number of aromatic nitrogens is 6. The molecule has 0 bridgehead atoms. The molecule has 1 amide bonds. The zero-order chi connectivity index (χ0) is 27.9. The van der Waals surface area contributed by atoms with Gasteiger partial charge in [-0.2, -0.15) is 5.26 Å². The van der Waals surface area contributed by atoms with Gasteiger partial charge in [0.05, 0.1) is 41.5 Å². The number of rotatable bonds is 9. The predicted octanol–water partition coefficient (Wildman–Crippen LogP) is 4.45. The van der Waals surface area contributed by atoms with Crippen molar-refractivity contribution in [3.63, 3.8) is 0 Å². The van der Waals surface area contributed by atoms with Gasteiger partial charge in [-0.15, -0.1) is 5.10 Å². The fraction of sp³-hybridized carbons (Fsp3) is 0.167. The minimum atomic E-state index is -0.393. The number of methoxy groups -OCH3 is 1. The van der Waals surface area contributed by atoms with Crippen molar-refractivity contribution in [2.24, 2.45) is 0 Å².